The summed E-state index contributed by atoms with van der Waals surface area (Å²) >= 11 is 0. The minimum Gasteiger partial charge on any atom is -0.329 e. The van der Waals surface area contributed by atoms with E-state index in [1.165, 1.54) is 18.2 Å². The molecule has 0 aromatic heterocycles. The molecular formula is C15H24ClN3O4S. The van der Waals surface area contributed by atoms with E-state index in [2.05, 4.69) is 4.72 Å². The smallest absolute Gasteiger partial charge is 0.269 e. The SMILES string of the molecule is Cc1cc([N+](=O)[O-])ccc1S(=O)(=O)NC1(CN)CCCCC1C.Cl. The first-order valence-corrected chi connectivity index (χ1v) is 9.19. The van der Waals surface area contributed by atoms with E-state index in [1.54, 1.807) is 6.92 Å². The molecule has 1 aromatic carbocycles. The molecule has 0 aliphatic heterocycles. The van der Waals surface area contributed by atoms with Gasteiger partial charge in [-0.25, -0.2) is 13.1 Å². The number of benzene rings is 1. The van der Waals surface area contributed by atoms with Crippen molar-refractivity contribution in [3.8, 4) is 0 Å². The second-order valence-electron chi connectivity index (χ2n) is 6.32. The molecule has 0 spiro atoms. The van der Waals surface area contributed by atoms with Crippen LogP contribution in [-0.4, -0.2) is 25.4 Å². The Balaban J connectivity index is 0.00000288. The normalized spacial score (nSPS) is 24.2. The second kappa shape index (κ2) is 7.77. The van der Waals surface area contributed by atoms with Gasteiger partial charge in [-0.2, -0.15) is 0 Å². The first-order valence-electron chi connectivity index (χ1n) is 7.71. The number of non-ortho nitro benzene ring substituents is 1. The second-order valence-corrected chi connectivity index (χ2v) is 7.97. The van der Waals surface area contributed by atoms with Crippen molar-refractivity contribution in [1.29, 1.82) is 0 Å². The Kier molecular flexibility index (Phi) is 6.75. The molecule has 1 aliphatic rings. The van der Waals surface area contributed by atoms with Crippen molar-refractivity contribution in [2.45, 2.75) is 50.0 Å². The molecule has 24 heavy (non-hydrogen) atoms. The van der Waals surface area contributed by atoms with E-state index in [1.807, 2.05) is 6.92 Å². The van der Waals surface area contributed by atoms with Gasteiger partial charge in [-0.1, -0.05) is 19.8 Å². The van der Waals surface area contributed by atoms with Crippen LogP contribution in [-0.2, 0) is 10.0 Å². The third kappa shape index (κ3) is 4.05. The number of rotatable bonds is 5. The molecule has 1 saturated carbocycles. The lowest BCUT2D eigenvalue weighted by molar-refractivity contribution is -0.385. The summed E-state index contributed by atoms with van der Waals surface area (Å²) in [5.74, 6) is 0.148. The van der Waals surface area contributed by atoms with Crippen LogP contribution >= 0.6 is 12.4 Å². The molecule has 136 valence electrons. The van der Waals surface area contributed by atoms with E-state index >= 15 is 0 Å². The van der Waals surface area contributed by atoms with Crippen molar-refractivity contribution in [3.05, 3.63) is 33.9 Å². The highest BCUT2D eigenvalue weighted by Crippen LogP contribution is 2.34. The summed E-state index contributed by atoms with van der Waals surface area (Å²) in [6.07, 6.45) is 3.64. The summed E-state index contributed by atoms with van der Waals surface area (Å²) in [5, 5.41) is 10.8. The molecule has 0 bridgehead atoms. The Bertz CT molecular complexity index is 711. The van der Waals surface area contributed by atoms with Crippen LogP contribution in [0.1, 0.15) is 38.2 Å². The van der Waals surface area contributed by atoms with Gasteiger partial charge in [0.1, 0.15) is 0 Å². The first kappa shape index (κ1) is 20.8. The molecule has 3 N–H and O–H groups in total. The molecule has 0 heterocycles. The zero-order chi connectivity index (χ0) is 17.3. The van der Waals surface area contributed by atoms with E-state index in [9.17, 15) is 18.5 Å². The average molecular weight is 378 g/mol. The van der Waals surface area contributed by atoms with Gasteiger partial charge in [-0.15, -0.1) is 12.4 Å². The van der Waals surface area contributed by atoms with Crippen molar-refractivity contribution in [2.24, 2.45) is 11.7 Å². The molecule has 1 fully saturated rings. The molecule has 1 aliphatic carbocycles. The quantitative estimate of drug-likeness (QED) is 0.604. The number of nitro benzene ring substituents is 1. The van der Waals surface area contributed by atoms with Gasteiger partial charge in [-0.05, 0) is 37.3 Å². The highest BCUT2D eigenvalue weighted by atomic mass is 35.5. The molecule has 7 nitrogen and oxygen atoms in total. The Morgan fingerprint density at radius 2 is 2.08 bits per heavy atom. The topological polar surface area (TPSA) is 115 Å². The standard InChI is InChI=1S/C15H23N3O4S.ClH/c1-11-9-13(18(19)20)6-7-14(11)23(21,22)17-15(10-16)8-4-3-5-12(15)2;/h6-7,9,12,17H,3-5,8,10,16H2,1-2H3;1H. The predicted octanol–water partition coefficient (Wildman–Crippen LogP) is 2.51. The lowest BCUT2D eigenvalue weighted by atomic mass is 9.74. The van der Waals surface area contributed by atoms with Crippen molar-refractivity contribution < 1.29 is 13.3 Å². The van der Waals surface area contributed by atoms with Crippen LogP contribution in [0.4, 0.5) is 5.69 Å². The molecule has 1 aromatic rings. The number of hydrogen-bond acceptors (Lipinski definition) is 5. The van der Waals surface area contributed by atoms with Crippen LogP contribution in [0.15, 0.2) is 23.1 Å². The van der Waals surface area contributed by atoms with Gasteiger partial charge in [0, 0.05) is 24.2 Å². The minimum atomic E-state index is -3.79. The predicted molar refractivity (Wildman–Crippen MR) is 94.8 cm³/mol. The first-order chi connectivity index (χ1) is 10.7. The fraction of sp³-hybridized carbons (Fsp3) is 0.600. The molecular weight excluding hydrogens is 354 g/mol. The monoisotopic (exact) mass is 377 g/mol. The maximum absolute atomic E-state index is 12.8. The van der Waals surface area contributed by atoms with E-state index in [-0.39, 0.29) is 35.5 Å². The fourth-order valence-electron chi connectivity index (χ4n) is 3.28. The number of nitrogens with one attached hydrogen (secondary N) is 1. The molecule has 2 atom stereocenters. The van der Waals surface area contributed by atoms with E-state index in [0.29, 0.717) is 12.0 Å². The van der Waals surface area contributed by atoms with Gasteiger partial charge >= 0.3 is 0 Å². The molecule has 0 saturated heterocycles. The summed E-state index contributed by atoms with van der Waals surface area (Å²) < 4.78 is 28.3. The van der Waals surface area contributed by atoms with Crippen LogP contribution in [0.25, 0.3) is 0 Å². The average Bonchev–Trinajstić information content (AvgIpc) is 2.49. The van der Waals surface area contributed by atoms with Crippen LogP contribution in [0.3, 0.4) is 0 Å². The van der Waals surface area contributed by atoms with Crippen molar-refractivity contribution in [2.75, 3.05) is 6.54 Å². The van der Waals surface area contributed by atoms with Gasteiger partial charge in [0.25, 0.3) is 5.69 Å². The Morgan fingerprint density at radius 1 is 1.42 bits per heavy atom. The molecule has 2 unspecified atom stereocenters. The molecule has 0 amide bonds. The van der Waals surface area contributed by atoms with E-state index in [0.717, 1.165) is 19.3 Å². The largest absolute Gasteiger partial charge is 0.329 e. The van der Waals surface area contributed by atoms with Crippen LogP contribution in [0, 0.1) is 23.0 Å². The zero-order valence-corrected chi connectivity index (χ0v) is 15.5. The van der Waals surface area contributed by atoms with Crippen molar-refractivity contribution in [1.82, 2.24) is 4.72 Å². The summed E-state index contributed by atoms with van der Waals surface area (Å²) in [4.78, 5) is 10.3. The fourth-order valence-corrected chi connectivity index (χ4v) is 5.04. The Hall–Kier alpha value is -1.22. The lowest BCUT2D eigenvalue weighted by Gasteiger charge is -2.42. The van der Waals surface area contributed by atoms with E-state index < -0.39 is 20.5 Å². The summed E-state index contributed by atoms with van der Waals surface area (Å²) in [6.45, 7) is 3.80. The number of sulfonamides is 1. The summed E-state index contributed by atoms with van der Waals surface area (Å²) in [7, 11) is -3.79. The van der Waals surface area contributed by atoms with Gasteiger partial charge in [0.15, 0.2) is 0 Å². The van der Waals surface area contributed by atoms with Gasteiger partial charge in [0.05, 0.1) is 9.82 Å². The molecule has 0 radical (unpaired) electrons. The molecule has 2 rings (SSSR count). The maximum Gasteiger partial charge on any atom is 0.269 e. The van der Waals surface area contributed by atoms with Crippen LogP contribution in [0.2, 0.25) is 0 Å². The maximum atomic E-state index is 12.8. The van der Waals surface area contributed by atoms with Crippen LogP contribution in [0.5, 0.6) is 0 Å². The van der Waals surface area contributed by atoms with E-state index in [4.69, 9.17) is 5.73 Å². The highest BCUT2D eigenvalue weighted by molar-refractivity contribution is 7.89. The number of aryl methyl sites for hydroxylation is 1. The summed E-state index contributed by atoms with van der Waals surface area (Å²) in [5.41, 5.74) is 5.48. The van der Waals surface area contributed by atoms with Gasteiger partial charge < -0.3 is 5.73 Å². The highest BCUT2D eigenvalue weighted by Gasteiger charge is 2.40. The van der Waals surface area contributed by atoms with Gasteiger partial charge in [0.2, 0.25) is 10.0 Å². The third-order valence-electron chi connectivity index (χ3n) is 4.81. The Labute approximate surface area is 148 Å². The van der Waals surface area contributed by atoms with Crippen molar-refractivity contribution in [3.63, 3.8) is 0 Å². The third-order valence-corrected chi connectivity index (χ3v) is 6.53. The van der Waals surface area contributed by atoms with Crippen molar-refractivity contribution >= 4 is 28.1 Å². The van der Waals surface area contributed by atoms with Gasteiger partial charge in [-0.3, -0.25) is 10.1 Å². The molecule has 9 heteroatoms. The number of nitrogens with two attached hydrogens (primary N) is 1. The summed E-state index contributed by atoms with van der Waals surface area (Å²) in [6, 6.07) is 3.77. The number of nitrogens with zero attached hydrogens (tertiary/aromatic N) is 1. The zero-order valence-electron chi connectivity index (χ0n) is 13.8. The number of halogens is 1. The Morgan fingerprint density at radius 3 is 2.58 bits per heavy atom. The minimum absolute atomic E-state index is 0. The number of nitro groups is 1. The lowest BCUT2D eigenvalue weighted by Crippen LogP contribution is -2.59. The number of hydrogen-bond donors (Lipinski definition) is 2. The van der Waals surface area contributed by atoms with Crippen LogP contribution < -0.4 is 10.5 Å².